The fourth-order valence-electron chi connectivity index (χ4n) is 2.08. The monoisotopic (exact) mass is 247 g/mol. The van der Waals surface area contributed by atoms with Crippen molar-refractivity contribution < 1.29 is 14.0 Å². The number of imide groups is 1. The minimum absolute atomic E-state index is 0.175. The molecule has 2 N–H and O–H groups in total. The van der Waals surface area contributed by atoms with Crippen molar-refractivity contribution in [1.82, 2.24) is 10.3 Å². The van der Waals surface area contributed by atoms with Gasteiger partial charge in [0, 0.05) is 24.5 Å². The van der Waals surface area contributed by atoms with Gasteiger partial charge in [-0.05, 0) is 12.1 Å². The Labute approximate surface area is 102 Å². The molecule has 1 aliphatic rings. The van der Waals surface area contributed by atoms with E-state index in [9.17, 15) is 14.0 Å². The molecule has 6 heteroatoms. The smallest absolute Gasteiger partial charge is 0.328 e. The van der Waals surface area contributed by atoms with Crippen LogP contribution in [-0.2, 0) is 4.79 Å². The van der Waals surface area contributed by atoms with Crippen molar-refractivity contribution in [1.29, 1.82) is 0 Å². The topological polar surface area (TPSA) is 65.2 Å². The molecule has 3 rings (SSSR count). The van der Waals surface area contributed by atoms with Crippen molar-refractivity contribution in [3.05, 3.63) is 30.2 Å². The maximum Gasteiger partial charge on any atom is 0.328 e. The van der Waals surface area contributed by atoms with Crippen LogP contribution in [0.4, 0.5) is 14.9 Å². The number of nitrogens with one attached hydrogen (secondary N) is 2. The van der Waals surface area contributed by atoms with Gasteiger partial charge in [0.25, 0.3) is 0 Å². The summed E-state index contributed by atoms with van der Waals surface area (Å²) in [6.45, 7) is 0.188. The highest BCUT2D eigenvalue weighted by molar-refractivity contribution is 6.06. The summed E-state index contributed by atoms with van der Waals surface area (Å²) in [4.78, 5) is 26.7. The van der Waals surface area contributed by atoms with Crippen LogP contribution in [0.1, 0.15) is 6.42 Å². The number of amides is 3. The van der Waals surface area contributed by atoms with Gasteiger partial charge in [-0.3, -0.25) is 15.0 Å². The van der Waals surface area contributed by atoms with Gasteiger partial charge in [0.1, 0.15) is 0 Å². The summed E-state index contributed by atoms with van der Waals surface area (Å²) in [7, 11) is 0. The van der Waals surface area contributed by atoms with Gasteiger partial charge in [0.15, 0.2) is 5.82 Å². The lowest BCUT2D eigenvalue weighted by molar-refractivity contribution is -0.120. The third-order valence-electron chi connectivity index (χ3n) is 2.99. The molecule has 1 aromatic heterocycles. The van der Waals surface area contributed by atoms with Crippen molar-refractivity contribution in [2.45, 2.75) is 6.42 Å². The number of carbonyl (C=O) groups excluding carboxylic acids is 2. The number of carbonyl (C=O) groups is 2. The third-order valence-corrected chi connectivity index (χ3v) is 2.99. The molecule has 0 unspecified atom stereocenters. The first-order valence-corrected chi connectivity index (χ1v) is 5.54. The van der Waals surface area contributed by atoms with Gasteiger partial charge < -0.3 is 4.98 Å². The second-order valence-electron chi connectivity index (χ2n) is 4.10. The second kappa shape index (κ2) is 3.83. The van der Waals surface area contributed by atoms with Crippen molar-refractivity contribution in [3.8, 4) is 0 Å². The minimum Gasteiger partial charge on any atom is -0.359 e. The number of anilines is 1. The fraction of sp³-hybridized carbons (Fsp3) is 0.167. The summed E-state index contributed by atoms with van der Waals surface area (Å²) >= 11 is 0. The van der Waals surface area contributed by atoms with Crippen LogP contribution in [0.2, 0.25) is 0 Å². The van der Waals surface area contributed by atoms with Crippen LogP contribution in [0.3, 0.4) is 0 Å². The number of H-pyrrole nitrogens is 1. The molecule has 2 heterocycles. The van der Waals surface area contributed by atoms with Crippen LogP contribution in [0.25, 0.3) is 10.9 Å². The molecule has 0 saturated carbocycles. The Morgan fingerprint density at radius 3 is 2.83 bits per heavy atom. The van der Waals surface area contributed by atoms with E-state index in [0.29, 0.717) is 5.52 Å². The van der Waals surface area contributed by atoms with E-state index in [1.54, 1.807) is 24.4 Å². The lowest BCUT2D eigenvalue weighted by Gasteiger charge is -2.26. The van der Waals surface area contributed by atoms with Crippen molar-refractivity contribution in [3.63, 3.8) is 0 Å². The van der Waals surface area contributed by atoms with Gasteiger partial charge in [-0.25, -0.2) is 9.18 Å². The SMILES string of the molecule is O=C1CCN(c2ccc3cc[nH]c3c2F)C(=O)N1. The first-order valence-electron chi connectivity index (χ1n) is 5.54. The molecule has 1 aliphatic heterocycles. The molecule has 92 valence electrons. The average Bonchev–Trinajstić information content (AvgIpc) is 2.80. The Bertz CT molecular complexity index is 650. The number of hydrogen-bond acceptors (Lipinski definition) is 2. The Morgan fingerprint density at radius 1 is 1.22 bits per heavy atom. The quantitative estimate of drug-likeness (QED) is 0.806. The summed E-state index contributed by atoms with van der Waals surface area (Å²) in [6.07, 6.45) is 1.81. The standard InChI is InChI=1S/C12H10FN3O2/c13-10-8(2-1-7-3-5-14-11(7)10)16-6-4-9(17)15-12(16)18/h1-3,5,14H,4,6H2,(H,15,17,18). The summed E-state index contributed by atoms with van der Waals surface area (Å²) in [5.41, 5.74) is 0.534. The number of hydrogen-bond donors (Lipinski definition) is 2. The molecular formula is C12H10FN3O2. The lowest BCUT2D eigenvalue weighted by Crippen LogP contribution is -2.49. The summed E-state index contributed by atoms with van der Waals surface area (Å²) in [5, 5.41) is 2.91. The number of nitrogens with zero attached hydrogens (tertiary/aromatic N) is 1. The van der Waals surface area contributed by atoms with Gasteiger partial charge >= 0.3 is 6.03 Å². The van der Waals surface area contributed by atoms with E-state index in [-0.39, 0.29) is 24.6 Å². The average molecular weight is 247 g/mol. The predicted molar refractivity (Wildman–Crippen MR) is 63.8 cm³/mol. The molecule has 0 aliphatic carbocycles. The maximum absolute atomic E-state index is 14.2. The Hall–Kier alpha value is -2.37. The van der Waals surface area contributed by atoms with Crippen molar-refractivity contribution >= 4 is 28.5 Å². The van der Waals surface area contributed by atoms with Crippen LogP contribution < -0.4 is 10.2 Å². The predicted octanol–water partition coefficient (Wildman–Crippen LogP) is 1.75. The number of rotatable bonds is 1. The van der Waals surface area contributed by atoms with E-state index >= 15 is 0 Å². The molecular weight excluding hydrogens is 237 g/mol. The van der Waals surface area contributed by atoms with Gasteiger partial charge in [0.05, 0.1) is 11.2 Å². The fourth-order valence-corrected chi connectivity index (χ4v) is 2.08. The normalized spacial score (nSPS) is 16.2. The Kier molecular flexibility index (Phi) is 2.29. The molecule has 1 fully saturated rings. The molecule has 1 aromatic carbocycles. The molecule has 3 amide bonds. The zero-order valence-electron chi connectivity index (χ0n) is 9.37. The van der Waals surface area contributed by atoms with Crippen LogP contribution in [-0.4, -0.2) is 23.5 Å². The first kappa shape index (κ1) is 10.8. The lowest BCUT2D eigenvalue weighted by atomic mass is 10.2. The molecule has 2 aromatic rings. The van der Waals surface area contributed by atoms with E-state index in [0.717, 1.165) is 5.39 Å². The Morgan fingerprint density at radius 2 is 2.06 bits per heavy atom. The number of fused-ring (bicyclic) bond motifs is 1. The zero-order valence-corrected chi connectivity index (χ0v) is 9.37. The summed E-state index contributed by atoms with van der Waals surface area (Å²) in [5.74, 6) is -0.820. The first-order chi connectivity index (χ1) is 8.66. The second-order valence-corrected chi connectivity index (χ2v) is 4.10. The number of aromatic amines is 1. The number of aromatic nitrogens is 1. The van der Waals surface area contributed by atoms with Gasteiger partial charge in [-0.15, -0.1) is 0 Å². The summed E-state index contributed by atoms with van der Waals surface area (Å²) in [6, 6.07) is 4.44. The highest BCUT2D eigenvalue weighted by Crippen LogP contribution is 2.27. The molecule has 5 nitrogen and oxygen atoms in total. The van der Waals surface area contributed by atoms with E-state index < -0.39 is 11.8 Å². The van der Waals surface area contributed by atoms with E-state index in [4.69, 9.17) is 0 Å². The van der Waals surface area contributed by atoms with E-state index in [2.05, 4.69) is 10.3 Å². The van der Waals surface area contributed by atoms with Crippen LogP contribution >= 0.6 is 0 Å². The van der Waals surface area contributed by atoms with E-state index in [1.165, 1.54) is 4.90 Å². The third kappa shape index (κ3) is 1.54. The van der Waals surface area contributed by atoms with E-state index in [1.807, 2.05) is 0 Å². The van der Waals surface area contributed by atoms with Crippen LogP contribution in [0.5, 0.6) is 0 Å². The maximum atomic E-state index is 14.2. The molecule has 0 radical (unpaired) electrons. The van der Waals surface area contributed by atoms with Crippen LogP contribution in [0.15, 0.2) is 24.4 Å². The molecule has 0 atom stereocenters. The number of halogens is 1. The molecule has 18 heavy (non-hydrogen) atoms. The Balaban J connectivity index is 2.06. The largest absolute Gasteiger partial charge is 0.359 e. The molecule has 0 bridgehead atoms. The molecule has 0 spiro atoms. The van der Waals surface area contributed by atoms with Crippen LogP contribution in [0, 0.1) is 5.82 Å². The summed E-state index contributed by atoms with van der Waals surface area (Å²) < 4.78 is 14.2. The van der Waals surface area contributed by atoms with Crippen molar-refractivity contribution in [2.24, 2.45) is 0 Å². The number of urea groups is 1. The minimum atomic E-state index is -0.587. The van der Waals surface area contributed by atoms with Gasteiger partial charge in [0.2, 0.25) is 5.91 Å². The zero-order chi connectivity index (χ0) is 12.7. The van der Waals surface area contributed by atoms with Crippen molar-refractivity contribution in [2.75, 3.05) is 11.4 Å². The van der Waals surface area contributed by atoms with Gasteiger partial charge in [-0.1, -0.05) is 6.07 Å². The highest BCUT2D eigenvalue weighted by atomic mass is 19.1. The number of benzene rings is 1. The van der Waals surface area contributed by atoms with Gasteiger partial charge in [-0.2, -0.15) is 0 Å². The molecule has 1 saturated heterocycles. The highest BCUT2D eigenvalue weighted by Gasteiger charge is 2.26.